The Morgan fingerprint density at radius 3 is 2.95 bits per heavy atom. The van der Waals surface area contributed by atoms with Crippen molar-refractivity contribution in [3.05, 3.63) is 29.6 Å². The van der Waals surface area contributed by atoms with Crippen LogP contribution in [0.2, 0.25) is 0 Å². The summed E-state index contributed by atoms with van der Waals surface area (Å²) in [6, 6.07) is 4.02. The van der Waals surface area contributed by atoms with Crippen LogP contribution in [-0.2, 0) is 22.4 Å². The van der Waals surface area contributed by atoms with Crippen molar-refractivity contribution >= 4 is 5.91 Å². The van der Waals surface area contributed by atoms with Gasteiger partial charge < -0.3 is 9.64 Å². The molecule has 1 aromatic heterocycles. The molecule has 0 radical (unpaired) electrons. The van der Waals surface area contributed by atoms with Crippen LogP contribution in [-0.4, -0.2) is 42.1 Å². The lowest BCUT2D eigenvalue weighted by Crippen LogP contribution is -2.30. The lowest BCUT2D eigenvalue weighted by Gasteiger charge is -2.16. The van der Waals surface area contributed by atoms with E-state index in [0.717, 1.165) is 44.8 Å². The molecule has 0 aromatic carbocycles. The van der Waals surface area contributed by atoms with Gasteiger partial charge in [0.1, 0.15) is 0 Å². The van der Waals surface area contributed by atoms with Crippen molar-refractivity contribution in [1.82, 2.24) is 9.88 Å². The number of nitrogens with zero attached hydrogens (tertiary/aromatic N) is 2. The molecule has 1 amide bonds. The van der Waals surface area contributed by atoms with Crippen LogP contribution in [0, 0.1) is 5.92 Å². The van der Waals surface area contributed by atoms with E-state index in [2.05, 4.69) is 18.0 Å². The van der Waals surface area contributed by atoms with Crippen molar-refractivity contribution in [1.29, 1.82) is 0 Å². The molecule has 4 nitrogen and oxygen atoms in total. The number of aromatic nitrogens is 1. The zero-order chi connectivity index (χ0) is 14.4. The first-order valence-electron chi connectivity index (χ1n) is 7.52. The maximum absolute atomic E-state index is 12.2. The summed E-state index contributed by atoms with van der Waals surface area (Å²) in [6.45, 7) is 7.30. The van der Waals surface area contributed by atoms with Crippen LogP contribution in [0.4, 0.5) is 0 Å². The number of pyridine rings is 1. The zero-order valence-corrected chi connectivity index (χ0v) is 12.5. The molecule has 110 valence electrons. The second kappa shape index (κ2) is 7.39. The molecule has 4 heteroatoms. The van der Waals surface area contributed by atoms with Crippen LogP contribution in [0.1, 0.15) is 31.5 Å². The van der Waals surface area contributed by atoms with E-state index in [9.17, 15) is 4.79 Å². The Morgan fingerprint density at radius 2 is 2.30 bits per heavy atom. The zero-order valence-electron chi connectivity index (χ0n) is 12.5. The number of hydrogen-bond donors (Lipinski definition) is 0. The molecule has 1 aromatic rings. The number of ether oxygens (including phenoxy) is 1. The van der Waals surface area contributed by atoms with Crippen molar-refractivity contribution in [2.75, 3.05) is 26.3 Å². The largest absolute Gasteiger partial charge is 0.381 e. The van der Waals surface area contributed by atoms with Crippen molar-refractivity contribution in [3.63, 3.8) is 0 Å². The second-order valence-electron chi connectivity index (χ2n) is 5.34. The minimum atomic E-state index is 0.181. The molecule has 2 heterocycles. The molecule has 20 heavy (non-hydrogen) atoms. The SMILES string of the molecule is CCOC[C@H]1CCN(C(=O)Cc2ccc(CC)cn2)C1. The average Bonchev–Trinajstić information content (AvgIpc) is 2.95. The van der Waals surface area contributed by atoms with Gasteiger partial charge in [0, 0.05) is 37.5 Å². The van der Waals surface area contributed by atoms with Gasteiger partial charge in [-0.05, 0) is 31.4 Å². The number of aryl methyl sites for hydroxylation is 1. The monoisotopic (exact) mass is 276 g/mol. The lowest BCUT2D eigenvalue weighted by atomic mass is 10.1. The quantitative estimate of drug-likeness (QED) is 0.799. The van der Waals surface area contributed by atoms with E-state index in [1.165, 1.54) is 5.56 Å². The molecule has 1 atom stereocenters. The van der Waals surface area contributed by atoms with Crippen molar-refractivity contribution in [2.24, 2.45) is 5.92 Å². The Bertz CT molecular complexity index is 431. The van der Waals surface area contributed by atoms with Gasteiger partial charge in [-0.25, -0.2) is 0 Å². The smallest absolute Gasteiger partial charge is 0.228 e. The standard InChI is InChI=1S/C16H24N2O2/c1-3-13-5-6-15(17-10-13)9-16(19)18-8-7-14(11-18)12-20-4-2/h5-6,10,14H,3-4,7-9,11-12H2,1-2H3/t14-/m0/s1. The van der Waals surface area contributed by atoms with E-state index in [-0.39, 0.29) is 5.91 Å². The maximum atomic E-state index is 12.2. The number of amides is 1. The Hall–Kier alpha value is -1.42. The number of likely N-dealkylation sites (tertiary alicyclic amines) is 1. The Balaban J connectivity index is 1.82. The third-order valence-electron chi connectivity index (χ3n) is 3.82. The topological polar surface area (TPSA) is 42.4 Å². The summed E-state index contributed by atoms with van der Waals surface area (Å²) < 4.78 is 5.44. The third kappa shape index (κ3) is 4.04. The number of hydrogen-bond acceptors (Lipinski definition) is 3. The fourth-order valence-electron chi connectivity index (χ4n) is 2.52. The summed E-state index contributed by atoms with van der Waals surface area (Å²) in [7, 11) is 0. The normalized spacial score (nSPS) is 18.5. The molecular weight excluding hydrogens is 252 g/mol. The van der Waals surface area contributed by atoms with Crippen LogP contribution in [0.3, 0.4) is 0 Å². The number of carbonyl (C=O) groups excluding carboxylic acids is 1. The summed E-state index contributed by atoms with van der Waals surface area (Å²) >= 11 is 0. The van der Waals surface area contributed by atoms with Gasteiger partial charge in [0.05, 0.1) is 13.0 Å². The van der Waals surface area contributed by atoms with E-state index < -0.39 is 0 Å². The average molecular weight is 276 g/mol. The van der Waals surface area contributed by atoms with Gasteiger partial charge in [0.25, 0.3) is 0 Å². The van der Waals surface area contributed by atoms with Gasteiger partial charge in [-0.3, -0.25) is 9.78 Å². The van der Waals surface area contributed by atoms with Crippen LogP contribution in [0.15, 0.2) is 18.3 Å². The highest BCUT2D eigenvalue weighted by molar-refractivity contribution is 5.78. The molecule has 2 rings (SSSR count). The molecule has 1 fully saturated rings. The third-order valence-corrected chi connectivity index (χ3v) is 3.82. The highest BCUT2D eigenvalue weighted by Gasteiger charge is 2.26. The first-order chi connectivity index (χ1) is 9.72. The Labute approximate surface area is 121 Å². The number of rotatable bonds is 6. The fourth-order valence-corrected chi connectivity index (χ4v) is 2.52. The van der Waals surface area contributed by atoms with Crippen LogP contribution >= 0.6 is 0 Å². The van der Waals surface area contributed by atoms with Gasteiger partial charge in [0.15, 0.2) is 0 Å². The molecule has 1 aliphatic rings. The highest BCUT2D eigenvalue weighted by atomic mass is 16.5. The van der Waals surface area contributed by atoms with E-state index >= 15 is 0 Å². The summed E-state index contributed by atoms with van der Waals surface area (Å²) in [5, 5.41) is 0. The van der Waals surface area contributed by atoms with Gasteiger partial charge in [0.2, 0.25) is 5.91 Å². The van der Waals surface area contributed by atoms with E-state index in [1.54, 1.807) is 0 Å². The Morgan fingerprint density at radius 1 is 1.45 bits per heavy atom. The molecule has 1 saturated heterocycles. The van der Waals surface area contributed by atoms with E-state index in [1.807, 2.05) is 24.1 Å². The van der Waals surface area contributed by atoms with Crippen molar-refractivity contribution < 1.29 is 9.53 Å². The van der Waals surface area contributed by atoms with Gasteiger partial charge >= 0.3 is 0 Å². The molecule has 0 spiro atoms. The van der Waals surface area contributed by atoms with E-state index in [0.29, 0.717) is 12.3 Å². The highest BCUT2D eigenvalue weighted by Crippen LogP contribution is 2.17. The van der Waals surface area contributed by atoms with Crippen LogP contribution < -0.4 is 0 Å². The molecule has 0 N–H and O–H groups in total. The van der Waals surface area contributed by atoms with E-state index in [4.69, 9.17) is 4.74 Å². The molecule has 0 unspecified atom stereocenters. The van der Waals surface area contributed by atoms with Crippen LogP contribution in [0.5, 0.6) is 0 Å². The fraction of sp³-hybridized carbons (Fsp3) is 0.625. The predicted molar refractivity (Wildman–Crippen MR) is 78.5 cm³/mol. The molecule has 0 aliphatic carbocycles. The van der Waals surface area contributed by atoms with Gasteiger partial charge in [-0.1, -0.05) is 13.0 Å². The predicted octanol–water partition coefficient (Wildman–Crippen LogP) is 2.07. The molecule has 1 aliphatic heterocycles. The summed E-state index contributed by atoms with van der Waals surface area (Å²) in [6.07, 6.45) is 4.30. The summed E-state index contributed by atoms with van der Waals surface area (Å²) in [5.41, 5.74) is 2.07. The van der Waals surface area contributed by atoms with Crippen molar-refractivity contribution in [3.8, 4) is 0 Å². The summed E-state index contributed by atoms with van der Waals surface area (Å²) in [4.78, 5) is 18.5. The minimum Gasteiger partial charge on any atom is -0.381 e. The number of carbonyl (C=O) groups is 1. The summed E-state index contributed by atoms with van der Waals surface area (Å²) in [5.74, 6) is 0.676. The lowest BCUT2D eigenvalue weighted by molar-refractivity contribution is -0.129. The first-order valence-corrected chi connectivity index (χ1v) is 7.52. The maximum Gasteiger partial charge on any atom is 0.228 e. The molecule has 0 bridgehead atoms. The molecular formula is C16H24N2O2. The molecule has 0 saturated carbocycles. The van der Waals surface area contributed by atoms with Crippen molar-refractivity contribution in [2.45, 2.75) is 33.1 Å². The second-order valence-corrected chi connectivity index (χ2v) is 5.34. The Kier molecular flexibility index (Phi) is 5.53. The van der Waals surface area contributed by atoms with Crippen LogP contribution in [0.25, 0.3) is 0 Å². The minimum absolute atomic E-state index is 0.181. The van der Waals surface area contributed by atoms with Gasteiger partial charge in [-0.2, -0.15) is 0 Å². The first kappa shape index (κ1) is 15.0. The van der Waals surface area contributed by atoms with Gasteiger partial charge in [-0.15, -0.1) is 0 Å².